The molecule has 1 amide bonds. The second-order valence-corrected chi connectivity index (χ2v) is 8.04. The van der Waals surface area contributed by atoms with Crippen LogP contribution in [0.3, 0.4) is 0 Å². The number of anilines is 1. The summed E-state index contributed by atoms with van der Waals surface area (Å²) in [6, 6.07) is 15.8. The first-order valence-electron chi connectivity index (χ1n) is 9.49. The van der Waals surface area contributed by atoms with E-state index < -0.39 is 0 Å². The highest BCUT2D eigenvalue weighted by Gasteiger charge is 2.16. The molecule has 1 N–H and O–H groups in total. The Morgan fingerprint density at radius 3 is 2.69 bits per heavy atom. The Balaban J connectivity index is 1.59. The molecule has 29 heavy (non-hydrogen) atoms. The number of nitrogens with one attached hydrogen (secondary N) is 1. The Kier molecular flexibility index (Phi) is 5.27. The van der Waals surface area contributed by atoms with Gasteiger partial charge >= 0.3 is 0 Å². The molecule has 2 aromatic carbocycles. The maximum absolute atomic E-state index is 12.7. The highest BCUT2D eigenvalue weighted by atomic mass is 32.1. The maximum Gasteiger partial charge on any atom is 0.246 e. The summed E-state index contributed by atoms with van der Waals surface area (Å²) in [6.07, 6.45) is 3.42. The topological polar surface area (TPSA) is 64.0 Å². The van der Waals surface area contributed by atoms with Crippen molar-refractivity contribution in [2.24, 2.45) is 0 Å². The first-order chi connectivity index (χ1) is 14.1. The maximum atomic E-state index is 12.7. The fourth-order valence-electron chi connectivity index (χ4n) is 3.60. The Morgan fingerprint density at radius 1 is 1.17 bits per heavy atom. The predicted octanol–water partition coefficient (Wildman–Crippen LogP) is 5.09. The van der Waals surface area contributed by atoms with Gasteiger partial charge in [0.05, 0.1) is 11.2 Å². The van der Waals surface area contributed by atoms with Gasteiger partial charge in [0.15, 0.2) is 11.4 Å². The smallest absolute Gasteiger partial charge is 0.246 e. The molecule has 2 heterocycles. The molecule has 0 saturated carbocycles. The Bertz CT molecular complexity index is 1190. The number of hydrogen-bond donors (Lipinski definition) is 1. The number of nitrogens with zero attached hydrogens (tertiary/aromatic N) is 2. The SMILES string of the molecule is CCc1cccc2c(C=O)cn(CC(=O)Nc3nc(-c4ccccc4)c(C)s3)c12. The third kappa shape index (κ3) is 3.71. The number of thiazole rings is 1. The summed E-state index contributed by atoms with van der Waals surface area (Å²) in [4.78, 5) is 29.8. The monoisotopic (exact) mass is 403 g/mol. The molecule has 0 fully saturated rings. The van der Waals surface area contributed by atoms with Gasteiger partial charge < -0.3 is 9.88 Å². The summed E-state index contributed by atoms with van der Waals surface area (Å²) in [7, 11) is 0. The molecule has 0 aliphatic heterocycles. The summed E-state index contributed by atoms with van der Waals surface area (Å²) >= 11 is 1.46. The normalized spacial score (nSPS) is 11.0. The number of amides is 1. The summed E-state index contributed by atoms with van der Waals surface area (Å²) in [5, 5.41) is 4.37. The van der Waals surface area contributed by atoms with Gasteiger partial charge in [-0.1, -0.05) is 55.5 Å². The highest BCUT2D eigenvalue weighted by Crippen LogP contribution is 2.30. The number of aromatic nitrogens is 2. The average molecular weight is 404 g/mol. The Labute approximate surface area is 173 Å². The van der Waals surface area contributed by atoms with Crippen LogP contribution in [-0.4, -0.2) is 21.7 Å². The molecule has 0 atom stereocenters. The van der Waals surface area contributed by atoms with Gasteiger partial charge in [0.1, 0.15) is 6.54 Å². The number of fused-ring (bicyclic) bond motifs is 1. The molecule has 0 unspecified atom stereocenters. The zero-order chi connectivity index (χ0) is 20.4. The van der Waals surface area contributed by atoms with Gasteiger partial charge in [0.25, 0.3) is 0 Å². The van der Waals surface area contributed by atoms with Crippen LogP contribution in [-0.2, 0) is 17.8 Å². The molecule has 2 aromatic heterocycles. The van der Waals surface area contributed by atoms with E-state index in [2.05, 4.69) is 17.2 Å². The van der Waals surface area contributed by atoms with Gasteiger partial charge in [-0.3, -0.25) is 9.59 Å². The third-order valence-electron chi connectivity index (χ3n) is 4.92. The van der Waals surface area contributed by atoms with Crippen molar-refractivity contribution in [2.45, 2.75) is 26.8 Å². The van der Waals surface area contributed by atoms with Gasteiger partial charge in [-0.25, -0.2) is 4.98 Å². The lowest BCUT2D eigenvalue weighted by molar-refractivity contribution is -0.116. The van der Waals surface area contributed by atoms with Crippen molar-refractivity contribution >= 4 is 39.6 Å². The lowest BCUT2D eigenvalue weighted by atomic mass is 10.1. The van der Waals surface area contributed by atoms with Crippen molar-refractivity contribution in [2.75, 3.05) is 5.32 Å². The fraction of sp³-hybridized carbons (Fsp3) is 0.174. The largest absolute Gasteiger partial charge is 0.337 e. The number of benzene rings is 2. The van der Waals surface area contributed by atoms with E-state index in [0.29, 0.717) is 10.7 Å². The van der Waals surface area contributed by atoms with E-state index in [4.69, 9.17) is 0 Å². The minimum Gasteiger partial charge on any atom is -0.337 e. The summed E-state index contributed by atoms with van der Waals surface area (Å²) in [5.41, 5.74) is 4.56. The summed E-state index contributed by atoms with van der Waals surface area (Å²) < 4.78 is 1.85. The molecule has 4 aromatic rings. The van der Waals surface area contributed by atoms with E-state index in [0.717, 1.165) is 45.3 Å². The molecule has 0 bridgehead atoms. The molecule has 0 spiro atoms. The number of aldehydes is 1. The third-order valence-corrected chi connectivity index (χ3v) is 5.81. The lowest BCUT2D eigenvalue weighted by Gasteiger charge is -2.08. The van der Waals surface area contributed by atoms with Crippen LogP contribution in [0.5, 0.6) is 0 Å². The average Bonchev–Trinajstić information content (AvgIpc) is 3.28. The van der Waals surface area contributed by atoms with E-state index in [9.17, 15) is 9.59 Å². The van der Waals surface area contributed by atoms with Crippen molar-refractivity contribution in [1.82, 2.24) is 9.55 Å². The van der Waals surface area contributed by atoms with Crippen LogP contribution in [0.4, 0.5) is 5.13 Å². The van der Waals surface area contributed by atoms with Crippen LogP contribution in [0, 0.1) is 6.92 Å². The van der Waals surface area contributed by atoms with Gasteiger partial charge in [0, 0.05) is 27.6 Å². The van der Waals surface area contributed by atoms with Gasteiger partial charge in [-0.05, 0) is 18.9 Å². The molecule has 5 nitrogen and oxygen atoms in total. The standard InChI is InChI=1S/C23H21N3O2S/c1-3-16-10-7-11-19-18(14-27)12-26(22(16)19)13-20(28)24-23-25-21(15(2)29-23)17-8-5-4-6-9-17/h4-12,14H,3,13H2,1-2H3,(H,24,25,28). The van der Waals surface area contributed by atoms with Crippen molar-refractivity contribution in [1.29, 1.82) is 0 Å². The Morgan fingerprint density at radius 2 is 1.97 bits per heavy atom. The quantitative estimate of drug-likeness (QED) is 0.456. The molecule has 0 aliphatic rings. The van der Waals surface area contributed by atoms with E-state index in [-0.39, 0.29) is 12.5 Å². The number of aryl methyl sites for hydroxylation is 2. The van der Waals surface area contributed by atoms with Gasteiger partial charge in [-0.2, -0.15) is 0 Å². The summed E-state index contributed by atoms with van der Waals surface area (Å²) in [5.74, 6) is -0.168. The zero-order valence-corrected chi connectivity index (χ0v) is 17.1. The van der Waals surface area contributed by atoms with Crippen LogP contribution in [0.1, 0.15) is 27.7 Å². The van der Waals surface area contributed by atoms with Crippen molar-refractivity contribution < 1.29 is 9.59 Å². The van der Waals surface area contributed by atoms with Crippen molar-refractivity contribution in [3.63, 3.8) is 0 Å². The van der Waals surface area contributed by atoms with Gasteiger partial charge in [-0.15, -0.1) is 11.3 Å². The van der Waals surface area contributed by atoms with E-state index in [1.807, 2.05) is 60.0 Å². The molecular formula is C23H21N3O2S. The first-order valence-corrected chi connectivity index (χ1v) is 10.3. The molecule has 146 valence electrons. The molecule has 4 rings (SSSR count). The van der Waals surface area contributed by atoms with E-state index >= 15 is 0 Å². The molecular weight excluding hydrogens is 382 g/mol. The minimum atomic E-state index is -0.168. The van der Waals surface area contributed by atoms with Crippen LogP contribution >= 0.6 is 11.3 Å². The number of para-hydroxylation sites is 1. The van der Waals surface area contributed by atoms with Crippen LogP contribution < -0.4 is 5.32 Å². The molecule has 0 radical (unpaired) electrons. The highest BCUT2D eigenvalue weighted by molar-refractivity contribution is 7.16. The second-order valence-electron chi connectivity index (χ2n) is 6.84. The van der Waals surface area contributed by atoms with Crippen LogP contribution in [0.15, 0.2) is 54.7 Å². The molecule has 0 saturated heterocycles. The number of rotatable bonds is 6. The predicted molar refractivity (Wildman–Crippen MR) is 118 cm³/mol. The number of hydrogen-bond acceptors (Lipinski definition) is 4. The lowest BCUT2D eigenvalue weighted by Crippen LogP contribution is -2.18. The minimum absolute atomic E-state index is 0.126. The molecule has 0 aliphatic carbocycles. The Hall–Kier alpha value is -3.25. The number of carbonyl (C=O) groups is 2. The number of carbonyl (C=O) groups excluding carboxylic acids is 2. The first kappa shape index (κ1) is 19.1. The second kappa shape index (κ2) is 8.01. The fourth-order valence-corrected chi connectivity index (χ4v) is 4.45. The zero-order valence-electron chi connectivity index (χ0n) is 16.3. The van der Waals surface area contributed by atoms with E-state index in [1.165, 1.54) is 11.3 Å². The van der Waals surface area contributed by atoms with Crippen LogP contribution in [0.25, 0.3) is 22.2 Å². The van der Waals surface area contributed by atoms with Crippen LogP contribution in [0.2, 0.25) is 0 Å². The van der Waals surface area contributed by atoms with Crippen molar-refractivity contribution in [3.05, 3.63) is 70.7 Å². The van der Waals surface area contributed by atoms with Crippen molar-refractivity contribution in [3.8, 4) is 11.3 Å². The summed E-state index contributed by atoms with van der Waals surface area (Å²) in [6.45, 7) is 4.19. The van der Waals surface area contributed by atoms with Gasteiger partial charge in [0.2, 0.25) is 5.91 Å². The van der Waals surface area contributed by atoms with E-state index in [1.54, 1.807) is 6.20 Å². The molecule has 6 heteroatoms.